The van der Waals surface area contributed by atoms with Crippen molar-refractivity contribution in [1.82, 2.24) is 0 Å². The summed E-state index contributed by atoms with van der Waals surface area (Å²) in [5.74, 6) is 0. The average molecular weight is 276 g/mol. The van der Waals surface area contributed by atoms with Crippen molar-refractivity contribution >= 4 is 17.3 Å². The third-order valence-corrected chi connectivity index (χ3v) is 3.43. The van der Waals surface area contributed by atoms with Crippen molar-refractivity contribution in [3.63, 3.8) is 0 Å². The molecule has 2 nitrogen and oxygen atoms in total. The number of rotatable bonds is 4. The number of aryl methyl sites for hydroxylation is 1. The summed E-state index contributed by atoms with van der Waals surface area (Å²) in [5.41, 5.74) is 4.22. The first-order chi connectivity index (χ1) is 9.11. The zero-order chi connectivity index (χ0) is 13.8. The second-order valence-corrected chi connectivity index (χ2v) is 5.16. The quantitative estimate of drug-likeness (QED) is 0.918. The number of aliphatic hydroxyl groups is 1. The molecule has 0 spiro atoms. The molecule has 0 saturated carbocycles. The summed E-state index contributed by atoms with van der Waals surface area (Å²) in [6.45, 7) is 2.84. The van der Waals surface area contributed by atoms with E-state index in [2.05, 4.69) is 36.1 Å². The summed E-state index contributed by atoms with van der Waals surface area (Å²) in [5, 5.41) is 10.1. The maximum absolute atomic E-state index is 9.42. The number of hydrogen-bond donors (Lipinski definition) is 1. The van der Waals surface area contributed by atoms with E-state index in [1.807, 2.05) is 25.2 Å². The van der Waals surface area contributed by atoms with Crippen LogP contribution >= 0.6 is 11.6 Å². The van der Waals surface area contributed by atoms with Gasteiger partial charge in [0.15, 0.2) is 0 Å². The lowest BCUT2D eigenvalue weighted by atomic mass is 10.1. The molecule has 2 aromatic rings. The number of halogens is 1. The monoisotopic (exact) mass is 275 g/mol. The zero-order valence-electron chi connectivity index (χ0n) is 11.2. The standard InChI is InChI=1S/C16H18ClNO/c1-12-5-3-6-13(9-12)10-18(2)16-14(11-19)7-4-8-15(16)17/h3-9,19H,10-11H2,1-2H3. The molecule has 100 valence electrons. The largest absolute Gasteiger partial charge is 0.392 e. The van der Waals surface area contributed by atoms with E-state index in [1.165, 1.54) is 11.1 Å². The molecule has 1 N–H and O–H groups in total. The van der Waals surface area contributed by atoms with Crippen molar-refractivity contribution in [2.24, 2.45) is 0 Å². The van der Waals surface area contributed by atoms with Gasteiger partial charge in [-0.05, 0) is 18.6 Å². The van der Waals surface area contributed by atoms with Gasteiger partial charge in [0.25, 0.3) is 0 Å². The zero-order valence-corrected chi connectivity index (χ0v) is 12.0. The summed E-state index contributed by atoms with van der Waals surface area (Å²) in [4.78, 5) is 2.07. The molecule has 19 heavy (non-hydrogen) atoms. The molecule has 0 radical (unpaired) electrons. The molecule has 0 aromatic heterocycles. The summed E-state index contributed by atoms with van der Waals surface area (Å²) in [6, 6.07) is 14.0. The predicted molar refractivity (Wildman–Crippen MR) is 80.7 cm³/mol. The van der Waals surface area contributed by atoms with Crippen LogP contribution in [0, 0.1) is 6.92 Å². The molecule has 0 unspecified atom stereocenters. The smallest absolute Gasteiger partial charge is 0.0702 e. The Bertz CT molecular complexity index is 568. The molecule has 0 bridgehead atoms. The molecule has 3 heteroatoms. The van der Waals surface area contributed by atoms with Crippen LogP contribution in [0.5, 0.6) is 0 Å². The Kier molecular flexibility index (Phi) is 4.46. The molecule has 0 aliphatic carbocycles. The number of anilines is 1. The lowest BCUT2D eigenvalue weighted by Gasteiger charge is -2.23. The summed E-state index contributed by atoms with van der Waals surface area (Å²) in [6.07, 6.45) is 0. The highest BCUT2D eigenvalue weighted by molar-refractivity contribution is 6.33. The number of para-hydroxylation sites is 1. The van der Waals surface area contributed by atoms with Gasteiger partial charge < -0.3 is 10.0 Å². The third-order valence-electron chi connectivity index (χ3n) is 3.12. The highest BCUT2D eigenvalue weighted by Crippen LogP contribution is 2.30. The van der Waals surface area contributed by atoms with Crippen molar-refractivity contribution < 1.29 is 5.11 Å². The first-order valence-corrected chi connectivity index (χ1v) is 6.64. The highest BCUT2D eigenvalue weighted by atomic mass is 35.5. The van der Waals surface area contributed by atoms with E-state index >= 15 is 0 Å². The van der Waals surface area contributed by atoms with Crippen LogP contribution in [0.25, 0.3) is 0 Å². The molecule has 2 aromatic carbocycles. The van der Waals surface area contributed by atoms with Crippen molar-refractivity contribution in [1.29, 1.82) is 0 Å². The minimum Gasteiger partial charge on any atom is -0.392 e. The van der Waals surface area contributed by atoms with Gasteiger partial charge in [-0.15, -0.1) is 0 Å². The summed E-state index contributed by atoms with van der Waals surface area (Å²) >= 11 is 6.25. The van der Waals surface area contributed by atoms with Crippen LogP contribution in [-0.4, -0.2) is 12.2 Å². The van der Waals surface area contributed by atoms with Crippen LogP contribution < -0.4 is 4.90 Å². The topological polar surface area (TPSA) is 23.5 Å². The number of benzene rings is 2. The minimum atomic E-state index is -0.00590. The van der Waals surface area contributed by atoms with E-state index < -0.39 is 0 Å². The molecule has 0 amide bonds. The van der Waals surface area contributed by atoms with E-state index in [0.717, 1.165) is 17.8 Å². The molecule has 0 heterocycles. The van der Waals surface area contributed by atoms with Crippen LogP contribution in [0.15, 0.2) is 42.5 Å². The van der Waals surface area contributed by atoms with Gasteiger partial charge in [-0.3, -0.25) is 0 Å². The fraction of sp³-hybridized carbons (Fsp3) is 0.250. The highest BCUT2D eigenvalue weighted by Gasteiger charge is 2.11. The lowest BCUT2D eigenvalue weighted by Crippen LogP contribution is -2.18. The fourth-order valence-electron chi connectivity index (χ4n) is 2.28. The molecular formula is C16H18ClNO. The van der Waals surface area contributed by atoms with E-state index in [-0.39, 0.29) is 6.61 Å². The Hall–Kier alpha value is -1.51. The van der Waals surface area contributed by atoms with Gasteiger partial charge >= 0.3 is 0 Å². The van der Waals surface area contributed by atoms with E-state index in [4.69, 9.17) is 11.6 Å². The molecular weight excluding hydrogens is 258 g/mol. The van der Waals surface area contributed by atoms with Crippen LogP contribution in [0.1, 0.15) is 16.7 Å². The van der Waals surface area contributed by atoms with Gasteiger partial charge in [-0.25, -0.2) is 0 Å². The molecule has 0 aliphatic heterocycles. The average Bonchev–Trinajstić information content (AvgIpc) is 2.38. The van der Waals surface area contributed by atoms with E-state index in [0.29, 0.717) is 5.02 Å². The van der Waals surface area contributed by atoms with Crippen molar-refractivity contribution in [3.8, 4) is 0 Å². The van der Waals surface area contributed by atoms with Crippen molar-refractivity contribution in [2.45, 2.75) is 20.1 Å². The molecule has 0 fully saturated rings. The number of nitrogens with zero attached hydrogens (tertiary/aromatic N) is 1. The predicted octanol–water partition coefficient (Wildman–Crippen LogP) is 3.78. The molecule has 2 rings (SSSR count). The SMILES string of the molecule is Cc1cccc(CN(C)c2c(Cl)cccc2CO)c1. The maximum Gasteiger partial charge on any atom is 0.0702 e. The van der Waals surface area contributed by atoms with Crippen LogP contribution in [0.2, 0.25) is 5.02 Å². The lowest BCUT2D eigenvalue weighted by molar-refractivity contribution is 0.282. The second-order valence-electron chi connectivity index (χ2n) is 4.75. The van der Waals surface area contributed by atoms with Gasteiger partial charge in [-0.1, -0.05) is 53.6 Å². The summed E-state index contributed by atoms with van der Waals surface area (Å²) < 4.78 is 0. The van der Waals surface area contributed by atoms with Crippen LogP contribution in [0.3, 0.4) is 0 Å². The van der Waals surface area contributed by atoms with Crippen molar-refractivity contribution in [2.75, 3.05) is 11.9 Å². The first-order valence-electron chi connectivity index (χ1n) is 6.26. The van der Waals surface area contributed by atoms with Crippen LogP contribution in [0.4, 0.5) is 5.69 Å². The normalized spacial score (nSPS) is 10.5. The Morgan fingerprint density at radius 3 is 2.58 bits per heavy atom. The molecule has 0 atom stereocenters. The van der Waals surface area contributed by atoms with Crippen molar-refractivity contribution in [3.05, 3.63) is 64.2 Å². The van der Waals surface area contributed by atoms with E-state index in [9.17, 15) is 5.11 Å². The maximum atomic E-state index is 9.42. The van der Waals surface area contributed by atoms with Crippen LogP contribution in [-0.2, 0) is 13.2 Å². The van der Waals surface area contributed by atoms with Gasteiger partial charge in [0.2, 0.25) is 0 Å². The van der Waals surface area contributed by atoms with Gasteiger partial charge in [0, 0.05) is 19.2 Å². The summed E-state index contributed by atoms with van der Waals surface area (Å²) in [7, 11) is 1.99. The second kappa shape index (κ2) is 6.09. The molecule has 0 saturated heterocycles. The number of hydrogen-bond acceptors (Lipinski definition) is 2. The Morgan fingerprint density at radius 2 is 1.89 bits per heavy atom. The minimum absolute atomic E-state index is 0.00590. The fourth-order valence-corrected chi connectivity index (χ4v) is 2.62. The number of aliphatic hydroxyl groups excluding tert-OH is 1. The van der Waals surface area contributed by atoms with Gasteiger partial charge in [0.05, 0.1) is 17.3 Å². The Labute approximate surface area is 119 Å². The third kappa shape index (κ3) is 3.28. The van der Waals surface area contributed by atoms with Gasteiger partial charge in [-0.2, -0.15) is 0 Å². The Balaban J connectivity index is 2.27. The molecule has 0 aliphatic rings. The van der Waals surface area contributed by atoms with E-state index in [1.54, 1.807) is 0 Å². The van der Waals surface area contributed by atoms with Gasteiger partial charge in [0.1, 0.15) is 0 Å². The Morgan fingerprint density at radius 1 is 1.16 bits per heavy atom. The first kappa shape index (κ1) is 13.9.